The molecule has 2 atom stereocenters. The van der Waals surface area contributed by atoms with E-state index in [0.717, 1.165) is 0 Å². The van der Waals surface area contributed by atoms with Crippen LogP contribution in [-0.2, 0) is 0 Å². The van der Waals surface area contributed by atoms with Crippen molar-refractivity contribution in [2.45, 2.75) is 29.6 Å². The van der Waals surface area contributed by atoms with E-state index in [2.05, 4.69) is 18.7 Å². The van der Waals surface area contributed by atoms with Crippen molar-refractivity contribution in [3.63, 3.8) is 0 Å². The molecule has 0 fully saturated rings. The van der Waals surface area contributed by atoms with E-state index in [0.29, 0.717) is 6.42 Å². The van der Waals surface area contributed by atoms with E-state index in [4.69, 9.17) is 0 Å². The van der Waals surface area contributed by atoms with Crippen molar-refractivity contribution in [1.82, 2.24) is 0 Å². The molecule has 14 heavy (non-hydrogen) atoms. The van der Waals surface area contributed by atoms with Crippen LogP contribution in [0, 0.1) is 0 Å². The summed E-state index contributed by atoms with van der Waals surface area (Å²) in [5, 5.41) is 9.89. The number of hydrogen-bond donors (Lipinski definition) is 1. The maximum atomic E-state index is 9.69. The molecule has 0 unspecified atom stereocenters. The minimum Gasteiger partial charge on any atom is -0.392 e. The molecule has 0 amide bonds. The van der Waals surface area contributed by atoms with E-state index < -0.39 is 0 Å². The smallest absolute Gasteiger partial charge is 0.0693 e. The SMILES string of the molecule is C=CC[C@H](O)[C@@H](C)Sc1ccccc1. The lowest BCUT2D eigenvalue weighted by molar-refractivity contribution is 0.179. The van der Waals surface area contributed by atoms with Crippen molar-refractivity contribution in [3.8, 4) is 0 Å². The molecule has 1 rings (SSSR count). The van der Waals surface area contributed by atoms with Gasteiger partial charge in [-0.05, 0) is 18.6 Å². The molecule has 0 saturated heterocycles. The van der Waals surface area contributed by atoms with Crippen molar-refractivity contribution < 1.29 is 5.11 Å². The molecule has 0 aliphatic heterocycles. The van der Waals surface area contributed by atoms with E-state index in [9.17, 15) is 5.11 Å². The van der Waals surface area contributed by atoms with Crippen molar-refractivity contribution in [2.75, 3.05) is 0 Å². The van der Waals surface area contributed by atoms with Gasteiger partial charge in [0.05, 0.1) is 6.10 Å². The molecule has 0 radical (unpaired) electrons. The number of benzene rings is 1. The summed E-state index contributed by atoms with van der Waals surface area (Å²) in [5.74, 6) is 0. The molecule has 0 aliphatic rings. The summed E-state index contributed by atoms with van der Waals surface area (Å²) < 4.78 is 0. The minimum atomic E-state index is -0.308. The van der Waals surface area contributed by atoms with E-state index in [1.165, 1.54) is 4.90 Å². The van der Waals surface area contributed by atoms with Crippen molar-refractivity contribution in [1.29, 1.82) is 0 Å². The maximum absolute atomic E-state index is 9.69. The zero-order valence-corrected chi connectivity index (χ0v) is 9.20. The highest BCUT2D eigenvalue weighted by Gasteiger charge is 2.13. The molecule has 1 nitrogen and oxygen atoms in total. The molecular formula is C12H16OS. The second-order valence-electron chi connectivity index (χ2n) is 3.23. The van der Waals surface area contributed by atoms with Gasteiger partial charge in [-0.1, -0.05) is 31.2 Å². The Hall–Kier alpha value is -0.730. The molecule has 2 heteroatoms. The van der Waals surface area contributed by atoms with E-state index >= 15 is 0 Å². The Morgan fingerprint density at radius 2 is 2.07 bits per heavy atom. The molecule has 0 heterocycles. The van der Waals surface area contributed by atoms with Crippen LogP contribution in [0.1, 0.15) is 13.3 Å². The Labute approximate surface area is 89.8 Å². The normalized spacial score (nSPS) is 14.7. The first-order valence-corrected chi connectivity index (χ1v) is 5.62. The highest BCUT2D eigenvalue weighted by molar-refractivity contribution is 8.00. The maximum Gasteiger partial charge on any atom is 0.0693 e. The molecule has 0 spiro atoms. The molecule has 76 valence electrons. The Morgan fingerprint density at radius 3 is 2.64 bits per heavy atom. The van der Waals surface area contributed by atoms with Gasteiger partial charge < -0.3 is 5.11 Å². The largest absolute Gasteiger partial charge is 0.392 e. The summed E-state index contributed by atoms with van der Waals surface area (Å²) in [6, 6.07) is 10.1. The number of hydrogen-bond acceptors (Lipinski definition) is 2. The van der Waals surface area contributed by atoms with Gasteiger partial charge in [0.1, 0.15) is 0 Å². The Balaban J connectivity index is 2.48. The first-order valence-electron chi connectivity index (χ1n) is 4.74. The number of aliphatic hydroxyl groups excluding tert-OH is 1. The van der Waals surface area contributed by atoms with E-state index in [1.54, 1.807) is 17.8 Å². The topological polar surface area (TPSA) is 20.2 Å². The lowest BCUT2D eigenvalue weighted by Crippen LogP contribution is -2.18. The molecule has 0 bridgehead atoms. The van der Waals surface area contributed by atoms with Crippen LogP contribution in [0.5, 0.6) is 0 Å². The molecule has 1 aromatic carbocycles. The summed E-state index contributed by atoms with van der Waals surface area (Å²) in [5.41, 5.74) is 0. The van der Waals surface area contributed by atoms with E-state index in [-0.39, 0.29) is 11.4 Å². The molecule has 0 aliphatic carbocycles. The fraction of sp³-hybridized carbons (Fsp3) is 0.333. The summed E-state index contributed by atoms with van der Waals surface area (Å²) in [4.78, 5) is 1.20. The third kappa shape index (κ3) is 3.56. The minimum absolute atomic E-state index is 0.204. The van der Waals surface area contributed by atoms with Crippen molar-refractivity contribution >= 4 is 11.8 Å². The van der Waals surface area contributed by atoms with Gasteiger partial charge in [0, 0.05) is 10.1 Å². The van der Waals surface area contributed by atoms with Crippen LogP contribution < -0.4 is 0 Å². The van der Waals surface area contributed by atoms with Crippen LogP contribution >= 0.6 is 11.8 Å². The first kappa shape index (κ1) is 11.3. The summed E-state index contributed by atoms with van der Waals surface area (Å²) in [6.07, 6.45) is 2.10. The third-order valence-corrected chi connectivity index (χ3v) is 3.25. The van der Waals surface area contributed by atoms with Gasteiger partial charge in [-0.3, -0.25) is 0 Å². The van der Waals surface area contributed by atoms with Crippen LogP contribution in [0.2, 0.25) is 0 Å². The molecule has 0 aromatic heterocycles. The molecular weight excluding hydrogens is 192 g/mol. The summed E-state index contributed by atoms with van der Waals surface area (Å²) in [7, 11) is 0. The number of thioether (sulfide) groups is 1. The van der Waals surface area contributed by atoms with Crippen LogP contribution in [0.3, 0.4) is 0 Å². The monoisotopic (exact) mass is 208 g/mol. The Bertz CT molecular complexity index is 271. The highest BCUT2D eigenvalue weighted by Crippen LogP contribution is 2.25. The zero-order chi connectivity index (χ0) is 10.4. The average molecular weight is 208 g/mol. The lowest BCUT2D eigenvalue weighted by Gasteiger charge is -2.16. The van der Waals surface area contributed by atoms with Gasteiger partial charge in [0.25, 0.3) is 0 Å². The van der Waals surface area contributed by atoms with Crippen molar-refractivity contribution in [3.05, 3.63) is 43.0 Å². The Morgan fingerprint density at radius 1 is 1.43 bits per heavy atom. The highest BCUT2D eigenvalue weighted by atomic mass is 32.2. The van der Waals surface area contributed by atoms with E-state index in [1.807, 2.05) is 25.1 Å². The van der Waals surface area contributed by atoms with Crippen LogP contribution in [0.25, 0.3) is 0 Å². The average Bonchev–Trinajstić information content (AvgIpc) is 2.19. The second-order valence-corrected chi connectivity index (χ2v) is 4.68. The molecule has 0 saturated carbocycles. The molecule has 1 aromatic rings. The number of aliphatic hydroxyl groups is 1. The fourth-order valence-electron chi connectivity index (χ4n) is 1.15. The Kier molecular flexibility index (Phi) is 4.77. The van der Waals surface area contributed by atoms with Crippen LogP contribution in [0.15, 0.2) is 47.9 Å². The van der Waals surface area contributed by atoms with Gasteiger partial charge in [0.15, 0.2) is 0 Å². The predicted molar refractivity (Wildman–Crippen MR) is 62.6 cm³/mol. The van der Waals surface area contributed by atoms with Crippen LogP contribution in [0.4, 0.5) is 0 Å². The van der Waals surface area contributed by atoms with Gasteiger partial charge in [-0.2, -0.15) is 0 Å². The standard InChI is InChI=1S/C12H16OS/c1-3-7-12(13)10(2)14-11-8-5-4-6-9-11/h3-6,8-10,12-13H,1,7H2,2H3/t10-,12+/m1/s1. The summed E-state index contributed by atoms with van der Waals surface area (Å²) in [6.45, 7) is 5.65. The summed E-state index contributed by atoms with van der Waals surface area (Å²) >= 11 is 1.69. The van der Waals surface area contributed by atoms with Crippen molar-refractivity contribution in [2.24, 2.45) is 0 Å². The van der Waals surface area contributed by atoms with Crippen LogP contribution in [-0.4, -0.2) is 16.5 Å². The quantitative estimate of drug-likeness (QED) is 0.592. The number of rotatable bonds is 5. The third-order valence-electron chi connectivity index (χ3n) is 2.02. The van der Waals surface area contributed by atoms with Gasteiger partial charge >= 0.3 is 0 Å². The zero-order valence-electron chi connectivity index (χ0n) is 8.39. The first-order chi connectivity index (χ1) is 6.74. The van der Waals surface area contributed by atoms with Gasteiger partial charge in [0.2, 0.25) is 0 Å². The predicted octanol–water partition coefficient (Wildman–Crippen LogP) is 3.10. The van der Waals surface area contributed by atoms with Gasteiger partial charge in [-0.15, -0.1) is 18.3 Å². The molecule has 1 N–H and O–H groups in total. The second kappa shape index (κ2) is 5.89. The lowest BCUT2D eigenvalue weighted by atomic mass is 10.2. The fourth-order valence-corrected chi connectivity index (χ4v) is 2.17. The van der Waals surface area contributed by atoms with Gasteiger partial charge in [-0.25, -0.2) is 0 Å².